The Morgan fingerprint density at radius 2 is 1.18 bits per heavy atom. The van der Waals surface area contributed by atoms with Crippen molar-refractivity contribution in [3.8, 4) is 11.5 Å². The molecule has 540 valence electrons. The second-order valence-corrected chi connectivity index (χ2v) is 27.5. The van der Waals surface area contributed by atoms with Crippen molar-refractivity contribution >= 4 is 65.1 Å². The molecule has 28 heteroatoms. The number of fused-ring (bicyclic) bond motifs is 1. The first-order valence-corrected chi connectivity index (χ1v) is 34.0. The average molecular weight is 1370 g/mol. The number of hydrogen-bond acceptors (Lipinski definition) is 16. The standard InChI is InChI=1S/C70H107N15O13/c1-39(2)30-56(68(97)98)82-65(94)59(70(7,8)9)83-63(92)54(37-49-42(5)33-47(87)34-43(49)6)80-64(93)57-23-17-28-85(57)67(96)53(21-13-15-26-72)79-61(90)51(20-12-14-25-71)77-58(88)24-29-84-38-45-19-11-10-18-44(45)35-55(66(84)95)81-62(91)52(22-16-27-76-69(74)75)78-60(89)50(73)36-48-40(3)31-46(86)32-41(48)4/h10-11,18-19,31-34,39,50-57,59,86-87H,12-17,20-30,35-38,71-73H2,1-9H3,(H,77,88)(H,78,89)(H,79,90)(H,80,93)(H,81,91)(H,82,94)(H,83,92)(H,97,98)(H4,74,75,76)/t50-,51-,52+,53-,54-,55-,56-,57-,59+/m0/s1. The van der Waals surface area contributed by atoms with Crippen LogP contribution in [0.2, 0.25) is 0 Å². The molecule has 0 unspecified atom stereocenters. The molecule has 5 rings (SSSR count). The van der Waals surface area contributed by atoms with Crippen molar-refractivity contribution < 1.29 is 63.3 Å². The van der Waals surface area contributed by atoms with E-state index in [1.165, 1.54) is 21.9 Å². The number of phenolic OH excluding ortho intramolecular Hbond substituents is 2. The van der Waals surface area contributed by atoms with Crippen LogP contribution in [0.15, 0.2) is 53.5 Å². The van der Waals surface area contributed by atoms with Crippen LogP contribution in [0.4, 0.5) is 0 Å². The SMILES string of the molecule is Cc1cc(O)cc(C)c1C[C@H](NC(=O)[C@@H]1CCCN1C(=O)[C@H](CCCCN)NC(=O)[C@H](CCCCN)NC(=O)CCN1Cc2ccccc2C[C@H](NC(=O)[C@@H](CCCN=C(N)N)NC(=O)[C@@H](N)Cc2c(C)cc(O)cc2C)C1=O)C(=O)N[C@H](C(=O)N[C@@H](CC(C)C)C(=O)O)C(C)(C)C. The van der Waals surface area contributed by atoms with Crippen molar-refractivity contribution in [3.05, 3.63) is 93.0 Å². The number of carboxylic acid groups (broad SMARTS) is 1. The minimum Gasteiger partial charge on any atom is -0.508 e. The molecule has 2 aliphatic rings. The number of aliphatic imine (C=N–C) groups is 1. The van der Waals surface area contributed by atoms with Crippen molar-refractivity contribution in [1.29, 1.82) is 0 Å². The van der Waals surface area contributed by atoms with Crippen LogP contribution in [0.1, 0.15) is 156 Å². The van der Waals surface area contributed by atoms with E-state index in [9.17, 15) is 63.3 Å². The van der Waals surface area contributed by atoms with Gasteiger partial charge in [0.05, 0.1) is 6.04 Å². The van der Waals surface area contributed by atoms with E-state index in [4.69, 9.17) is 28.7 Å². The van der Waals surface area contributed by atoms with E-state index < -0.39 is 119 Å². The summed E-state index contributed by atoms with van der Waals surface area (Å²) in [6.07, 6.45) is 2.76. The number of rotatable bonds is 36. The summed E-state index contributed by atoms with van der Waals surface area (Å²) in [5, 5.41) is 50.1. The number of nitrogens with zero attached hydrogens (tertiary/aromatic N) is 3. The normalized spacial score (nSPS) is 16.8. The molecule has 0 spiro atoms. The molecule has 0 aromatic heterocycles. The number of aromatic hydroxyl groups is 2. The van der Waals surface area contributed by atoms with Crippen LogP contribution in [0.5, 0.6) is 11.5 Å². The zero-order valence-electron chi connectivity index (χ0n) is 58.4. The fourth-order valence-electron chi connectivity index (χ4n) is 12.6. The van der Waals surface area contributed by atoms with Crippen LogP contribution in [0.25, 0.3) is 0 Å². The summed E-state index contributed by atoms with van der Waals surface area (Å²) in [6, 6.07) is 2.59. The number of aryl methyl sites for hydroxylation is 4. The minimum atomic E-state index is -1.36. The van der Waals surface area contributed by atoms with Crippen LogP contribution < -0.4 is 65.9 Å². The van der Waals surface area contributed by atoms with Crippen LogP contribution in [-0.2, 0) is 73.8 Å². The molecule has 0 radical (unpaired) electrons. The molecular weight excluding hydrogens is 1260 g/mol. The van der Waals surface area contributed by atoms with Gasteiger partial charge < -0.3 is 91.0 Å². The predicted octanol–water partition coefficient (Wildman–Crippen LogP) is 1.29. The lowest BCUT2D eigenvalue weighted by Crippen LogP contribution is -2.61. The van der Waals surface area contributed by atoms with E-state index in [1.54, 1.807) is 72.7 Å². The summed E-state index contributed by atoms with van der Waals surface area (Å²) in [6.45, 7) is 16.5. The number of nitrogens with two attached hydrogens (primary N) is 5. The van der Waals surface area contributed by atoms with E-state index in [2.05, 4.69) is 42.2 Å². The third-order valence-electron chi connectivity index (χ3n) is 17.9. The number of hydrogen-bond donors (Lipinski definition) is 15. The third-order valence-corrected chi connectivity index (χ3v) is 17.9. The van der Waals surface area contributed by atoms with Gasteiger partial charge >= 0.3 is 5.97 Å². The van der Waals surface area contributed by atoms with E-state index in [-0.39, 0.29) is 127 Å². The molecular formula is C70H107N15O13. The van der Waals surface area contributed by atoms with Gasteiger partial charge in [0.25, 0.3) is 0 Å². The topological polar surface area (TPSA) is 465 Å². The Bertz CT molecular complexity index is 3290. The lowest BCUT2D eigenvalue weighted by Gasteiger charge is -2.34. The second-order valence-electron chi connectivity index (χ2n) is 27.5. The number of guanidine groups is 1. The molecule has 9 atom stereocenters. The van der Waals surface area contributed by atoms with E-state index in [0.29, 0.717) is 48.8 Å². The number of carbonyl (C=O) groups excluding carboxylic acids is 9. The summed E-state index contributed by atoms with van der Waals surface area (Å²) in [5.74, 6) is -7.35. The van der Waals surface area contributed by atoms with Gasteiger partial charge in [0.2, 0.25) is 53.2 Å². The van der Waals surface area contributed by atoms with Gasteiger partial charge in [0, 0.05) is 45.4 Å². The van der Waals surface area contributed by atoms with E-state index in [0.717, 1.165) is 27.8 Å². The zero-order valence-corrected chi connectivity index (χ0v) is 58.4. The number of phenols is 2. The highest BCUT2D eigenvalue weighted by molar-refractivity contribution is 5.98. The van der Waals surface area contributed by atoms with Gasteiger partial charge in [-0.25, -0.2) is 4.79 Å². The number of likely N-dealkylation sites (tertiary alicyclic amines) is 1. The highest BCUT2D eigenvalue weighted by atomic mass is 16.4. The van der Waals surface area contributed by atoms with Crippen molar-refractivity contribution in [3.63, 3.8) is 0 Å². The monoisotopic (exact) mass is 1370 g/mol. The van der Waals surface area contributed by atoms with Gasteiger partial charge in [-0.05, 0) is 198 Å². The molecule has 0 aliphatic carbocycles. The van der Waals surface area contributed by atoms with Gasteiger partial charge in [0.15, 0.2) is 5.96 Å². The number of carboxylic acids is 1. The Balaban J connectivity index is 1.35. The van der Waals surface area contributed by atoms with Crippen LogP contribution >= 0.6 is 0 Å². The Labute approximate surface area is 574 Å². The predicted molar refractivity (Wildman–Crippen MR) is 371 cm³/mol. The van der Waals surface area contributed by atoms with Crippen LogP contribution in [-0.4, -0.2) is 177 Å². The lowest BCUT2D eigenvalue weighted by molar-refractivity contribution is -0.143. The largest absolute Gasteiger partial charge is 0.508 e. The molecule has 0 saturated carbocycles. The van der Waals surface area contributed by atoms with Gasteiger partial charge in [-0.1, -0.05) is 58.9 Å². The quantitative estimate of drug-likeness (QED) is 0.0222. The van der Waals surface area contributed by atoms with Gasteiger partial charge in [-0.15, -0.1) is 0 Å². The number of benzene rings is 3. The maximum atomic E-state index is 15.0. The summed E-state index contributed by atoms with van der Waals surface area (Å²) >= 11 is 0. The third kappa shape index (κ3) is 24.0. The molecule has 1 fully saturated rings. The number of nitrogens with one attached hydrogen (secondary N) is 7. The molecule has 9 amide bonds. The number of carbonyl (C=O) groups is 10. The van der Waals surface area contributed by atoms with Gasteiger partial charge in [0.1, 0.15) is 59.8 Å². The molecule has 20 N–H and O–H groups in total. The van der Waals surface area contributed by atoms with E-state index >= 15 is 0 Å². The highest BCUT2D eigenvalue weighted by Crippen LogP contribution is 2.28. The maximum Gasteiger partial charge on any atom is 0.326 e. The van der Waals surface area contributed by atoms with Crippen molar-refractivity contribution in [1.82, 2.24) is 47.0 Å². The number of amides is 9. The number of unbranched alkanes of at least 4 members (excludes halogenated alkanes) is 2. The minimum absolute atomic E-state index is 0.0138. The molecule has 0 bridgehead atoms. The Morgan fingerprint density at radius 1 is 0.653 bits per heavy atom. The maximum absolute atomic E-state index is 15.0. The molecule has 2 aliphatic heterocycles. The summed E-state index contributed by atoms with van der Waals surface area (Å²) in [7, 11) is 0. The van der Waals surface area contributed by atoms with Crippen LogP contribution in [0.3, 0.4) is 0 Å². The lowest BCUT2D eigenvalue weighted by atomic mass is 9.85. The molecule has 28 nitrogen and oxygen atoms in total. The first-order chi connectivity index (χ1) is 46.2. The second kappa shape index (κ2) is 37.7. The summed E-state index contributed by atoms with van der Waals surface area (Å²) in [5.41, 5.74) is 34.0. The van der Waals surface area contributed by atoms with Crippen molar-refractivity contribution in [2.24, 2.45) is 45.0 Å². The first-order valence-electron chi connectivity index (χ1n) is 34.0. The van der Waals surface area contributed by atoms with Gasteiger partial charge in [-0.3, -0.25) is 48.1 Å². The zero-order chi connectivity index (χ0) is 72.7. The van der Waals surface area contributed by atoms with Gasteiger partial charge in [-0.2, -0.15) is 0 Å². The fourth-order valence-corrected chi connectivity index (χ4v) is 12.6. The first kappa shape index (κ1) is 79.8. The smallest absolute Gasteiger partial charge is 0.326 e. The molecule has 3 aromatic rings. The summed E-state index contributed by atoms with van der Waals surface area (Å²) < 4.78 is 0. The van der Waals surface area contributed by atoms with E-state index in [1.807, 2.05) is 26.0 Å². The number of aliphatic carboxylic acids is 1. The average Bonchev–Trinajstić information content (AvgIpc) is 1.46. The fraction of sp³-hybridized carbons (Fsp3) is 0.586. The Hall–Kier alpha value is -8.89. The molecule has 98 heavy (non-hydrogen) atoms. The highest BCUT2D eigenvalue weighted by Gasteiger charge is 2.42. The van der Waals surface area contributed by atoms with Crippen molar-refractivity contribution in [2.45, 2.75) is 220 Å². The molecule has 3 aromatic carbocycles. The summed E-state index contributed by atoms with van der Waals surface area (Å²) in [4.78, 5) is 149. The molecule has 1 saturated heterocycles. The molecule has 2 heterocycles. The van der Waals surface area contributed by atoms with Crippen molar-refractivity contribution in [2.75, 3.05) is 32.7 Å². The Kier molecular flexibility index (Phi) is 30.7. The van der Waals surface area contributed by atoms with Crippen LogP contribution in [0, 0.1) is 39.0 Å². The Morgan fingerprint density at radius 3 is 1.74 bits per heavy atom.